The third-order valence-corrected chi connectivity index (χ3v) is 3.87. The van der Waals surface area contributed by atoms with E-state index in [2.05, 4.69) is 4.98 Å². The van der Waals surface area contributed by atoms with E-state index >= 15 is 0 Å². The number of aromatic nitrogens is 2. The van der Waals surface area contributed by atoms with Crippen LogP contribution in [-0.2, 0) is 11.3 Å². The van der Waals surface area contributed by atoms with Gasteiger partial charge in [0.15, 0.2) is 0 Å². The predicted molar refractivity (Wildman–Crippen MR) is 90.2 cm³/mol. The van der Waals surface area contributed by atoms with Gasteiger partial charge in [0.1, 0.15) is 18.5 Å². The van der Waals surface area contributed by atoms with Crippen LogP contribution in [0.15, 0.2) is 54.6 Å². The number of anilines is 1. The molecule has 0 bridgehead atoms. The first kappa shape index (κ1) is 15.2. The van der Waals surface area contributed by atoms with Gasteiger partial charge in [0.05, 0.1) is 11.0 Å². The second-order valence-electron chi connectivity index (χ2n) is 5.51. The molecule has 2 aromatic carbocycles. The molecule has 0 radical (unpaired) electrons. The first-order chi connectivity index (χ1) is 11.1. The Balaban J connectivity index is 1.94. The Labute approximate surface area is 134 Å². The molecule has 3 rings (SSSR count). The summed E-state index contributed by atoms with van der Waals surface area (Å²) in [5.74, 6) is 0.433. The summed E-state index contributed by atoms with van der Waals surface area (Å²) in [5, 5.41) is 9.97. The number of para-hydroxylation sites is 3. The molecule has 0 aliphatic carbocycles. The highest BCUT2D eigenvalue weighted by Crippen LogP contribution is 2.21. The number of carbonyl (C=O) groups excluding carboxylic acids is 1. The number of hydrogen-bond donors (Lipinski definition) is 1. The van der Waals surface area contributed by atoms with Gasteiger partial charge in [-0.3, -0.25) is 4.79 Å². The van der Waals surface area contributed by atoms with Gasteiger partial charge in [-0.25, -0.2) is 4.98 Å². The van der Waals surface area contributed by atoms with E-state index in [4.69, 9.17) is 0 Å². The van der Waals surface area contributed by atoms with E-state index in [9.17, 15) is 9.90 Å². The molecule has 0 unspecified atom stereocenters. The van der Waals surface area contributed by atoms with Crippen molar-refractivity contribution in [3.8, 4) is 0 Å². The van der Waals surface area contributed by atoms with Gasteiger partial charge in [0.25, 0.3) is 0 Å². The molecule has 1 heterocycles. The number of aliphatic hydroxyl groups is 1. The minimum Gasteiger partial charge on any atom is -0.385 e. The maximum atomic E-state index is 12.6. The molecule has 0 spiro atoms. The Morgan fingerprint density at radius 1 is 1.17 bits per heavy atom. The minimum absolute atomic E-state index is 0.0683. The van der Waals surface area contributed by atoms with E-state index in [-0.39, 0.29) is 12.5 Å². The number of nitrogens with zero attached hydrogens (tertiary/aromatic N) is 3. The highest BCUT2D eigenvalue weighted by Gasteiger charge is 2.19. The molecule has 0 aliphatic heterocycles. The van der Waals surface area contributed by atoms with Crippen LogP contribution in [0, 0.1) is 0 Å². The van der Waals surface area contributed by atoms with Gasteiger partial charge in [-0.2, -0.15) is 0 Å². The van der Waals surface area contributed by atoms with Gasteiger partial charge in [-0.1, -0.05) is 30.3 Å². The number of carbonyl (C=O) groups is 1. The number of fused-ring (bicyclic) bond motifs is 1. The average molecular weight is 309 g/mol. The molecular weight excluding hydrogens is 290 g/mol. The number of likely N-dealkylation sites (N-methyl/N-ethyl adjacent to an activating group) is 1. The number of imidazole rings is 1. The zero-order valence-electron chi connectivity index (χ0n) is 13.2. The van der Waals surface area contributed by atoms with E-state index in [1.54, 1.807) is 23.4 Å². The molecule has 0 saturated heterocycles. The molecule has 118 valence electrons. The van der Waals surface area contributed by atoms with Crippen LogP contribution in [0.3, 0.4) is 0 Å². The van der Waals surface area contributed by atoms with Crippen molar-refractivity contribution in [2.45, 2.75) is 19.6 Å². The van der Waals surface area contributed by atoms with Gasteiger partial charge < -0.3 is 14.6 Å². The topological polar surface area (TPSA) is 58.4 Å². The maximum absolute atomic E-state index is 12.6. The first-order valence-electron chi connectivity index (χ1n) is 7.53. The fourth-order valence-corrected chi connectivity index (χ4v) is 2.62. The number of benzene rings is 2. The van der Waals surface area contributed by atoms with Crippen molar-refractivity contribution in [3.05, 3.63) is 60.4 Å². The molecule has 3 aromatic rings. The molecule has 5 nitrogen and oxygen atoms in total. The van der Waals surface area contributed by atoms with E-state index in [1.807, 2.05) is 54.6 Å². The molecule has 1 N–H and O–H groups in total. The minimum atomic E-state index is -0.739. The van der Waals surface area contributed by atoms with E-state index in [0.717, 1.165) is 16.7 Å². The lowest BCUT2D eigenvalue weighted by Crippen LogP contribution is -2.30. The summed E-state index contributed by atoms with van der Waals surface area (Å²) in [5.41, 5.74) is 2.46. The highest BCUT2D eigenvalue weighted by molar-refractivity contribution is 5.93. The third kappa shape index (κ3) is 2.96. The number of hydrogen-bond acceptors (Lipinski definition) is 3. The van der Waals surface area contributed by atoms with Crippen molar-refractivity contribution in [1.29, 1.82) is 0 Å². The van der Waals surface area contributed by atoms with Crippen molar-refractivity contribution in [1.82, 2.24) is 9.55 Å². The van der Waals surface area contributed by atoms with Crippen LogP contribution >= 0.6 is 0 Å². The van der Waals surface area contributed by atoms with Gasteiger partial charge in [0.2, 0.25) is 5.91 Å². The SMILES string of the molecule is C[C@H](O)c1nc2ccccc2n1CC(=O)N(C)c1ccccc1. The molecule has 23 heavy (non-hydrogen) atoms. The molecule has 0 saturated carbocycles. The van der Waals surface area contributed by atoms with E-state index in [0.29, 0.717) is 5.82 Å². The smallest absolute Gasteiger partial charge is 0.246 e. The molecule has 5 heteroatoms. The van der Waals surface area contributed by atoms with E-state index in [1.165, 1.54) is 0 Å². The monoisotopic (exact) mass is 309 g/mol. The maximum Gasteiger partial charge on any atom is 0.246 e. The van der Waals surface area contributed by atoms with Crippen LogP contribution in [0.5, 0.6) is 0 Å². The molecular formula is C18H19N3O2. The zero-order chi connectivity index (χ0) is 16.4. The summed E-state index contributed by atoms with van der Waals surface area (Å²) in [7, 11) is 1.75. The molecule has 0 aliphatic rings. The summed E-state index contributed by atoms with van der Waals surface area (Å²) in [6.45, 7) is 1.79. The van der Waals surface area contributed by atoms with Crippen LogP contribution in [-0.4, -0.2) is 27.6 Å². The van der Waals surface area contributed by atoms with Crippen LogP contribution in [0.2, 0.25) is 0 Å². The molecule has 0 fully saturated rings. The number of rotatable bonds is 4. The lowest BCUT2D eigenvalue weighted by Gasteiger charge is -2.19. The Morgan fingerprint density at radius 3 is 2.52 bits per heavy atom. The van der Waals surface area contributed by atoms with Crippen LogP contribution in [0.25, 0.3) is 11.0 Å². The summed E-state index contributed by atoms with van der Waals surface area (Å²) < 4.78 is 1.78. The summed E-state index contributed by atoms with van der Waals surface area (Å²) in [4.78, 5) is 18.7. The largest absolute Gasteiger partial charge is 0.385 e. The third-order valence-electron chi connectivity index (χ3n) is 3.87. The Hall–Kier alpha value is -2.66. The van der Waals surface area contributed by atoms with Gasteiger partial charge >= 0.3 is 0 Å². The highest BCUT2D eigenvalue weighted by atomic mass is 16.3. The second-order valence-corrected chi connectivity index (χ2v) is 5.51. The normalized spacial score (nSPS) is 12.3. The Morgan fingerprint density at radius 2 is 1.83 bits per heavy atom. The summed E-state index contributed by atoms with van der Waals surface area (Å²) in [6, 6.07) is 17.1. The molecule has 1 amide bonds. The average Bonchev–Trinajstić information content (AvgIpc) is 2.94. The van der Waals surface area contributed by atoms with Crippen molar-refractivity contribution in [2.75, 3.05) is 11.9 Å². The van der Waals surface area contributed by atoms with E-state index < -0.39 is 6.10 Å². The zero-order valence-corrected chi connectivity index (χ0v) is 13.2. The first-order valence-corrected chi connectivity index (χ1v) is 7.53. The number of amides is 1. The van der Waals surface area contributed by atoms with Crippen LogP contribution in [0.4, 0.5) is 5.69 Å². The summed E-state index contributed by atoms with van der Waals surface area (Å²) >= 11 is 0. The van der Waals surface area contributed by atoms with Crippen LogP contribution < -0.4 is 4.90 Å². The lowest BCUT2D eigenvalue weighted by molar-refractivity contribution is -0.118. The predicted octanol–water partition coefficient (Wildman–Crippen LogP) is 2.75. The van der Waals surface area contributed by atoms with Gasteiger partial charge in [-0.05, 0) is 31.2 Å². The van der Waals surface area contributed by atoms with Crippen LogP contribution in [0.1, 0.15) is 18.9 Å². The van der Waals surface area contributed by atoms with Crippen molar-refractivity contribution >= 4 is 22.6 Å². The quantitative estimate of drug-likeness (QED) is 0.806. The Kier molecular flexibility index (Phi) is 4.12. The molecule has 1 atom stereocenters. The number of aliphatic hydroxyl groups excluding tert-OH is 1. The summed E-state index contributed by atoms with van der Waals surface area (Å²) in [6.07, 6.45) is -0.739. The lowest BCUT2D eigenvalue weighted by atomic mass is 10.3. The van der Waals surface area contributed by atoms with Gasteiger partial charge in [-0.15, -0.1) is 0 Å². The fraction of sp³-hybridized carbons (Fsp3) is 0.222. The van der Waals surface area contributed by atoms with Crippen molar-refractivity contribution < 1.29 is 9.90 Å². The standard InChI is InChI=1S/C18H19N3O2/c1-13(22)18-19-15-10-6-7-11-16(15)21(18)12-17(23)20(2)14-8-4-3-5-9-14/h3-11,13,22H,12H2,1-2H3/t13-/m0/s1. The van der Waals surface area contributed by atoms with Gasteiger partial charge in [0, 0.05) is 12.7 Å². The van der Waals surface area contributed by atoms with Crippen molar-refractivity contribution in [2.24, 2.45) is 0 Å². The Bertz CT molecular complexity index is 825. The fourth-order valence-electron chi connectivity index (χ4n) is 2.62. The second kappa shape index (κ2) is 6.22. The molecule has 1 aromatic heterocycles. The van der Waals surface area contributed by atoms with Crippen molar-refractivity contribution in [3.63, 3.8) is 0 Å².